The molecule has 2 bridgehead atoms. The van der Waals surface area contributed by atoms with Gasteiger partial charge in [0.25, 0.3) is 0 Å². The van der Waals surface area contributed by atoms with Gasteiger partial charge in [0.2, 0.25) is 0 Å². The number of nitrogens with one attached hydrogen (secondary N) is 3. The van der Waals surface area contributed by atoms with Gasteiger partial charge in [0.05, 0.1) is 32.0 Å². The van der Waals surface area contributed by atoms with Crippen LogP contribution in [0, 0.1) is 11.3 Å². The van der Waals surface area contributed by atoms with E-state index in [-0.39, 0.29) is 24.9 Å². The topological polar surface area (TPSA) is 187 Å². The Kier molecular flexibility index (Phi) is 10.8. The molecule has 1 unspecified atom stereocenters. The maximum absolute atomic E-state index is 15.5. The standard InChI is InChI=1S/C54H66N6O8/c1-6-50(65)26-32-27-53(49(64)68-5,44-36(17-21-59(29-32)31-50)35-14-9-11-16-40(35)57-44)38-24-37-42(25-43(38)67-4)58(3)47-52(37)19-22-60-20-12-18-51(7-2,46(52)60)48(63)54(47,66)30-56-41(45(61)62)23-33-28-55-39-15-10-8-13-34(33)39/h8-16,18,24-25,28,32,41,46-48,55-57,63,65-66H,6-7,17,19-23,26-27,29-31H2,1-5H3,(H,61,62)/t32-,41+,46+,47-,48-,50+,51-,52-,53+,54+/m1/s1. The van der Waals surface area contributed by atoms with Crippen LogP contribution in [0.1, 0.15) is 73.9 Å². The van der Waals surface area contributed by atoms with Gasteiger partial charge in [0, 0.05) is 114 Å². The summed E-state index contributed by atoms with van der Waals surface area (Å²) >= 11 is 0. The van der Waals surface area contributed by atoms with Crippen molar-refractivity contribution < 1.29 is 39.5 Å². The normalized spacial score (nSPS) is 34.4. The van der Waals surface area contributed by atoms with Crippen molar-refractivity contribution in [3.05, 3.63) is 107 Å². The van der Waals surface area contributed by atoms with E-state index in [0.29, 0.717) is 82.6 Å². The zero-order chi connectivity index (χ0) is 47.5. The lowest BCUT2D eigenvalue weighted by molar-refractivity contribution is -0.198. The number of methoxy groups -OCH3 is 2. The molecular weight excluding hydrogens is 861 g/mol. The number of carboxylic acids is 1. The summed E-state index contributed by atoms with van der Waals surface area (Å²) in [7, 11) is 5.04. The van der Waals surface area contributed by atoms with Crippen molar-refractivity contribution in [3.63, 3.8) is 0 Å². The quantitative estimate of drug-likeness (QED) is 0.0695. The molecule has 0 amide bonds. The van der Waals surface area contributed by atoms with Gasteiger partial charge in [0.15, 0.2) is 0 Å². The van der Waals surface area contributed by atoms with Crippen molar-refractivity contribution in [1.82, 2.24) is 25.1 Å². The Labute approximate surface area is 397 Å². The van der Waals surface area contributed by atoms with E-state index in [1.807, 2.05) is 62.6 Å². The molecule has 5 aliphatic heterocycles. The largest absolute Gasteiger partial charge is 0.496 e. The van der Waals surface area contributed by atoms with E-state index in [2.05, 4.69) is 67.3 Å². The van der Waals surface area contributed by atoms with Gasteiger partial charge in [0.1, 0.15) is 22.8 Å². The number of rotatable bonds is 11. The molecule has 6 aliphatic rings. The fourth-order valence-electron chi connectivity index (χ4n) is 15.2. The van der Waals surface area contributed by atoms with Gasteiger partial charge in [-0.15, -0.1) is 0 Å². The minimum Gasteiger partial charge on any atom is -0.496 e. The lowest BCUT2D eigenvalue weighted by atomic mass is 9.47. The molecule has 68 heavy (non-hydrogen) atoms. The van der Waals surface area contributed by atoms with Gasteiger partial charge in [-0.2, -0.15) is 0 Å². The number of aromatic amines is 2. The second kappa shape index (κ2) is 16.2. The first kappa shape index (κ1) is 45.2. The van der Waals surface area contributed by atoms with Crippen LogP contribution in [0.25, 0.3) is 21.8 Å². The van der Waals surface area contributed by atoms with Crippen LogP contribution in [0.4, 0.5) is 5.69 Å². The number of esters is 1. The molecule has 3 fully saturated rings. The number of hydrogen-bond acceptors (Lipinski definition) is 11. The predicted octanol–water partition coefficient (Wildman–Crippen LogP) is 5.01. The Hall–Kier alpha value is -5.22. The van der Waals surface area contributed by atoms with Crippen molar-refractivity contribution in [2.75, 3.05) is 65.4 Å². The number of aromatic nitrogens is 2. The third-order valence-corrected chi connectivity index (χ3v) is 18.0. The Balaban J connectivity index is 1.11. The molecule has 7 heterocycles. The van der Waals surface area contributed by atoms with Gasteiger partial charge >= 0.3 is 11.9 Å². The molecule has 5 aromatic rings. The van der Waals surface area contributed by atoms with Crippen LogP contribution in [-0.2, 0) is 38.0 Å². The number of benzene rings is 3. The highest BCUT2D eigenvalue weighted by Crippen LogP contribution is 2.67. The van der Waals surface area contributed by atoms with E-state index in [1.165, 1.54) is 7.11 Å². The highest BCUT2D eigenvalue weighted by Gasteiger charge is 2.77. The van der Waals surface area contributed by atoms with Gasteiger partial charge in [-0.1, -0.05) is 62.4 Å². The number of carboxylic acid groups (broad SMARTS) is 1. The summed E-state index contributed by atoms with van der Waals surface area (Å²) in [5.74, 6) is -1.08. The Morgan fingerprint density at radius 1 is 0.956 bits per heavy atom. The number of para-hydroxylation sites is 2. The SMILES string of the molecule is CC[C@]1(O)C[C@H]2CN(CCc3c([nH]c4ccccc34)[C@@](C(=O)OC)(c3cc4c(cc3OC)N(C)[C@H]3[C@@](O)(CN[C@@H](Cc5c[nH]c6ccccc56)C(=O)O)[C@H](O)[C@]5(CC)C=CCN6CC[C@]43[C@@H]65)C2)C1. The smallest absolute Gasteiger partial charge is 0.322 e. The fourth-order valence-corrected chi connectivity index (χ4v) is 15.2. The molecule has 14 nitrogen and oxygen atoms in total. The highest BCUT2D eigenvalue weighted by atomic mass is 16.5. The third kappa shape index (κ3) is 6.23. The highest BCUT2D eigenvalue weighted by molar-refractivity contribution is 5.94. The molecule has 14 heteroatoms. The van der Waals surface area contributed by atoms with Gasteiger partial charge in [-0.25, -0.2) is 0 Å². The van der Waals surface area contributed by atoms with E-state index in [1.54, 1.807) is 7.11 Å². The number of carbonyl (C=O) groups excluding carboxylic acids is 1. The van der Waals surface area contributed by atoms with Gasteiger partial charge in [-0.3, -0.25) is 19.4 Å². The van der Waals surface area contributed by atoms with Crippen molar-refractivity contribution in [2.45, 2.75) is 105 Å². The van der Waals surface area contributed by atoms with Crippen LogP contribution in [-0.4, -0.2) is 148 Å². The summed E-state index contributed by atoms with van der Waals surface area (Å²) in [6, 6.07) is 18.1. The Morgan fingerprint density at radius 3 is 2.46 bits per heavy atom. The molecule has 11 rings (SSSR count). The lowest BCUT2D eigenvalue weighted by Crippen LogP contribution is -2.80. The summed E-state index contributed by atoms with van der Waals surface area (Å²) in [4.78, 5) is 42.6. The molecule has 360 valence electrons. The molecular formula is C54H66N6O8. The molecule has 1 aliphatic carbocycles. The van der Waals surface area contributed by atoms with E-state index < -0.39 is 57.6 Å². The van der Waals surface area contributed by atoms with E-state index in [4.69, 9.17) is 9.47 Å². The molecule has 0 radical (unpaired) electrons. The number of likely N-dealkylation sites (N-methyl/N-ethyl adjacent to an activating group) is 1. The molecule has 1 spiro atoms. The summed E-state index contributed by atoms with van der Waals surface area (Å²) < 4.78 is 12.5. The van der Waals surface area contributed by atoms with Gasteiger partial charge < -0.3 is 50.1 Å². The van der Waals surface area contributed by atoms with Gasteiger partial charge in [-0.05, 0) is 85.9 Å². The van der Waals surface area contributed by atoms with E-state index in [0.717, 1.165) is 49.9 Å². The molecule has 2 aromatic heterocycles. The summed E-state index contributed by atoms with van der Waals surface area (Å²) in [6.45, 7) is 7.28. The number of piperidine rings is 1. The second-order valence-electron chi connectivity index (χ2n) is 21.1. The zero-order valence-electron chi connectivity index (χ0n) is 39.8. The third-order valence-electron chi connectivity index (χ3n) is 18.0. The summed E-state index contributed by atoms with van der Waals surface area (Å²) in [5.41, 5.74) is 0.964. The van der Waals surface area contributed by atoms with Crippen molar-refractivity contribution in [2.24, 2.45) is 11.3 Å². The van der Waals surface area contributed by atoms with Crippen molar-refractivity contribution in [3.8, 4) is 5.75 Å². The number of aliphatic hydroxyl groups excluding tert-OH is 1. The number of hydrogen-bond donors (Lipinski definition) is 7. The first-order valence-electron chi connectivity index (χ1n) is 24.6. The van der Waals surface area contributed by atoms with Crippen LogP contribution in [0.15, 0.2) is 79.0 Å². The van der Waals surface area contributed by atoms with Crippen LogP contribution in [0.3, 0.4) is 0 Å². The average molecular weight is 927 g/mol. The van der Waals surface area contributed by atoms with Crippen molar-refractivity contribution >= 4 is 39.4 Å². The minimum absolute atomic E-state index is 0.0951. The number of H-pyrrole nitrogens is 2. The number of ether oxygens (including phenoxy) is 2. The van der Waals surface area contributed by atoms with Crippen LogP contribution >= 0.6 is 0 Å². The number of anilines is 1. The predicted molar refractivity (Wildman–Crippen MR) is 260 cm³/mol. The number of aliphatic hydroxyl groups is 3. The number of fused-ring (bicyclic) bond motifs is 7. The monoisotopic (exact) mass is 926 g/mol. The zero-order valence-corrected chi connectivity index (χ0v) is 39.8. The molecule has 7 N–H and O–H groups in total. The fraction of sp³-hybridized carbons (Fsp3) is 0.519. The second-order valence-corrected chi connectivity index (χ2v) is 21.1. The van der Waals surface area contributed by atoms with E-state index >= 15 is 4.79 Å². The maximum Gasteiger partial charge on any atom is 0.322 e. The number of nitrogens with zero attached hydrogens (tertiary/aromatic N) is 3. The molecule has 3 aromatic carbocycles. The molecule has 11 atom stereocenters. The van der Waals surface area contributed by atoms with Crippen molar-refractivity contribution in [1.29, 1.82) is 0 Å². The van der Waals surface area contributed by atoms with Crippen LogP contribution < -0.4 is 15.0 Å². The van der Waals surface area contributed by atoms with E-state index in [9.17, 15) is 25.2 Å². The minimum atomic E-state index is -1.88. The first-order valence-corrected chi connectivity index (χ1v) is 24.6. The summed E-state index contributed by atoms with van der Waals surface area (Å²) in [5, 5.41) is 55.0. The average Bonchev–Trinajstić information content (AvgIpc) is 4.11. The summed E-state index contributed by atoms with van der Waals surface area (Å²) in [6.07, 6.45) is 8.20. The van der Waals surface area contributed by atoms with Crippen LogP contribution in [0.2, 0.25) is 0 Å². The Morgan fingerprint density at radius 2 is 1.72 bits per heavy atom. The maximum atomic E-state index is 15.5. The number of aliphatic carboxylic acids is 1. The lowest BCUT2D eigenvalue weighted by Gasteiger charge is -2.64. The van der Waals surface area contributed by atoms with Crippen LogP contribution in [0.5, 0.6) is 5.75 Å². The number of carbonyl (C=O) groups is 2. The molecule has 1 saturated carbocycles. The first-order chi connectivity index (χ1) is 32.7. The molecule has 2 saturated heterocycles. The Bertz CT molecular complexity index is 2840.